The van der Waals surface area contributed by atoms with Gasteiger partial charge in [-0.25, -0.2) is 0 Å². The molecule has 28 heavy (non-hydrogen) atoms. The Hall–Kier alpha value is -2.39. The van der Waals surface area contributed by atoms with Gasteiger partial charge in [-0.05, 0) is 23.1 Å². The smallest absolute Gasteiger partial charge is 0.342 e. The van der Waals surface area contributed by atoms with E-state index in [1.165, 1.54) is 17.4 Å². The van der Waals surface area contributed by atoms with Crippen LogP contribution in [0.15, 0.2) is 41.8 Å². The molecule has 0 aliphatic carbocycles. The van der Waals surface area contributed by atoms with Crippen molar-refractivity contribution in [3.8, 4) is 0 Å². The summed E-state index contributed by atoms with van der Waals surface area (Å²) in [6, 6.07) is 8.77. The first-order valence-corrected chi connectivity index (χ1v) is 9.69. The Morgan fingerprint density at radius 1 is 1.07 bits per heavy atom. The SMILES string of the molecule is O=C(NCC(=O)N1CCN(Cc2cccc(C(F)(F)F)c2)CC1)c1cccs1. The van der Waals surface area contributed by atoms with Gasteiger partial charge in [-0.3, -0.25) is 14.5 Å². The van der Waals surface area contributed by atoms with Crippen molar-refractivity contribution in [2.75, 3.05) is 32.7 Å². The first-order chi connectivity index (χ1) is 13.3. The molecule has 150 valence electrons. The number of alkyl halides is 3. The van der Waals surface area contributed by atoms with E-state index in [9.17, 15) is 22.8 Å². The number of benzene rings is 1. The average molecular weight is 411 g/mol. The van der Waals surface area contributed by atoms with E-state index in [0.29, 0.717) is 43.2 Å². The van der Waals surface area contributed by atoms with Crippen molar-refractivity contribution in [2.24, 2.45) is 0 Å². The van der Waals surface area contributed by atoms with Gasteiger partial charge in [0.15, 0.2) is 0 Å². The molecule has 2 heterocycles. The zero-order valence-electron chi connectivity index (χ0n) is 15.0. The summed E-state index contributed by atoms with van der Waals surface area (Å²) in [7, 11) is 0. The molecule has 1 aromatic carbocycles. The van der Waals surface area contributed by atoms with Crippen LogP contribution in [-0.2, 0) is 17.5 Å². The molecule has 0 radical (unpaired) electrons. The summed E-state index contributed by atoms with van der Waals surface area (Å²) in [5, 5.41) is 4.41. The number of hydrogen-bond donors (Lipinski definition) is 1. The minimum atomic E-state index is -4.35. The maximum absolute atomic E-state index is 12.8. The van der Waals surface area contributed by atoms with Crippen molar-refractivity contribution in [3.05, 3.63) is 57.8 Å². The Morgan fingerprint density at radius 3 is 2.46 bits per heavy atom. The second-order valence-corrected chi connectivity index (χ2v) is 7.46. The van der Waals surface area contributed by atoms with Crippen LogP contribution in [0.2, 0.25) is 0 Å². The third kappa shape index (κ3) is 5.32. The van der Waals surface area contributed by atoms with Crippen molar-refractivity contribution in [3.63, 3.8) is 0 Å². The lowest BCUT2D eigenvalue weighted by molar-refractivity contribution is -0.137. The molecule has 1 N–H and O–H groups in total. The normalized spacial score (nSPS) is 15.5. The van der Waals surface area contributed by atoms with Gasteiger partial charge in [0, 0.05) is 32.7 Å². The first-order valence-electron chi connectivity index (χ1n) is 8.81. The van der Waals surface area contributed by atoms with Crippen molar-refractivity contribution in [1.82, 2.24) is 15.1 Å². The molecule has 2 amide bonds. The van der Waals surface area contributed by atoms with E-state index in [-0.39, 0.29) is 18.4 Å². The highest BCUT2D eigenvalue weighted by atomic mass is 32.1. The zero-order chi connectivity index (χ0) is 20.1. The zero-order valence-corrected chi connectivity index (χ0v) is 15.9. The molecule has 2 aromatic rings. The number of halogens is 3. The van der Waals surface area contributed by atoms with E-state index in [4.69, 9.17) is 0 Å². The predicted molar refractivity (Wildman–Crippen MR) is 100.0 cm³/mol. The molecule has 1 aliphatic heterocycles. The van der Waals surface area contributed by atoms with Crippen LogP contribution in [0.3, 0.4) is 0 Å². The van der Waals surface area contributed by atoms with Gasteiger partial charge in [-0.15, -0.1) is 11.3 Å². The summed E-state index contributed by atoms with van der Waals surface area (Å²) in [6.07, 6.45) is -4.35. The summed E-state index contributed by atoms with van der Waals surface area (Å²) in [5.74, 6) is -0.435. The molecular formula is C19H20F3N3O2S. The standard InChI is InChI=1S/C19H20F3N3O2S/c20-19(21,22)15-4-1-3-14(11-15)13-24-6-8-25(9-7-24)17(26)12-23-18(27)16-5-2-10-28-16/h1-5,10-11H,6-9,12-13H2,(H,23,27). The maximum Gasteiger partial charge on any atom is 0.416 e. The van der Waals surface area contributed by atoms with Crippen molar-refractivity contribution in [1.29, 1.82) is 0 Å². The van der Waals surface area contributed by atoms with Gasteiger partial charge >= 0.3 is 6.18 Å². The number of piperazine rings is 1. The Labute approximate surface area is 164 Å². The first kappa shape index (κ1) is 20.3. The van der Waals surface area contributed by atoms with Crippen LogP contribution in [0.25, 0.3) is 0 Å². The molecule has 1 fully saturated rings. The van der Waals surface area contributed by atoms with Crippen LogP contribution in [0.5, 0.6) is 0 Å². The van der Waals surface area contributed by atoms with Crippen LogP contribution in [-0.4, -0.2) is 54.3 Å². The number of carbonyl (C=O) groups is 2. The molecule has 9 heteroatoms. The summed E-state index contributed by atoms with van der Waals surface area (Å²) in [5.41, 5.74) is -0.0573. The van der Waals surface area contributed by atoms with E-state index in [1.54, 1.807) is 28.5 Å². The summed E-state index contributed by atoms with van der Waals surface area (Å²) in [4.78, 5) is 28.4. The predicted octanol–water partition coefficient (Wildman–Crippen LogP) is 2.84. The van der Waals surface area contributed by atoms with Gasteiger partial charge in [0.25, 0.3) is 5.91 Å². The Morgan fingerprint density at radius 2 is 1.82 bits per heavy atom. The van der Waals surface area contributed by atoms with Crippen LogP contribution in [0.4, 0.5) is 13.2 Å². The highest BCUT2D eigenvalue weighted by Crippen LogP contribution is 2.29. The molecule has 0 bridgehead atoms. The lowest BCUT2D eigenvalue weighted by atomic mass is 10.1. The molecule has 5 nitrogen and oxygen atoms in total. The average Bonchev–Trinajstić information content (AvgIpc) is 3.21. The molecule has 0 spiro atoms. The molecule has 1 aromatic heterocycles. The largest absolute Gasteiger partial charge is 0.416 e. The minimum absolute atomic E-state index is 0.0651. The Kier molecular flexibility index (Phi) is 6.35. The van der Waals surface area contributed by atoms with Gasteiger partial charge in [-0.1, -0.05) is 24.3 Å². The number of hydrogen-bond acceptors (Lipinski definition) is 4. The van der Waals surface area contributed by atoms with Gasteiger partial charge in [-0.2, -0.15) is 13.2 Å². The van der Waals surface area contributed by atoms with E-state index in [2.05, 4.69) is 5.32 Å². The van der Waals surface area contributed by atoms with Crippen LogP contribution in [0.1, 0.15) is 20.8 Å². The van der Waals surface area contributed by atoms with Gasteiger partial charge in [0.2, 0.25) is 5.91 Å². The van der Waals surface area contributed by atoms with E-state index in [1.807, 2.05) is 4.90 Å². The summed E-state index contributed by atoms with van der Waals surface area (Å²) < 4.78 is 38.5. The monoisotopic (exact) mass is 411 g/mol. The van der Waals surface area contributed by atoms with Crippen molar-refractivity contribution < 1.29 is 22.8 Å². The van der Waals surface area contributed by atoms with Crippen LogP contribution in [0, 0.1) is 0 Å². The topological polar surface area (TPSA) is 52.7 Å². The van der Waals surface area contributed by atoms with Gasteiger partial charge in [0.1, 0.15) is 0 Å². The van der Waals surface area contributed by atoms with E-state index >= 15 is 0 Å². The third-order valence-electron chi connectivity index (χ3n) is 4.53. The lowest BCUT2D eigenvalue weighted by Gasteiger charge is -2.34. The summed E-state index contributed by atoms with van der Waals surface area (Å²) >= 11 is 1.31. The molecule has 1 saturated heterocycles. The number of amides is 2. The molecule has 0 atom stereocenters. The van der Waals surface area contributed by atoms with Gasteiger partial charge < -0.3 is 10.2 Å². The number of nitrogens with zero attached hydrogens (tertiary/aromatic N) is 2. The van der Waals surface area contributed by atoms with E-state index in [0.717, 1.165) is 12.1 Å². The second-order valence-electron chi connectivity index (χ2n) is 6.52. The minimum Gasteiger partial charge on any atom is -0.342 e. The Balaban J connectivity index is 1.45. The molecule has 0 saturated carbocycles. The number of carbonyl (C=O) groups excluding carboxylic acids is 2. The fourth-order valence-electron chi connectivity index (χ4n) is 3.02. The van der Waals surface area contributed by atoms with Crippen LogP contribution >= 0.6 is 11.3 Å². The quantitative estimate of drug-likeness (QED) is 0.823. The second kappa shape index (κ2) is 8.74. The highest BCUT2D eigenvalue weighted by Gasteiger charge is 2.30. The van der Waals surface area contributed by atoms with E-state index < -0.39 is 11.7 Å². The fraction of sp³-hybridized carbons (Fsp3) is 0.368. The third-order valence-corrected chi connectivity index (χ3v) is 5.40. The molecule has 3 rings (SSSR count). The fourth-order valence-corrected chi connectivity index (χ4v) is 3.66. The molecular weight excluding hydrogens is 391 g/mol. The summed E-state index contributed by atoms with van der Waals surface area (Å²) in [6.45, 7) is 2.44. The van der Waals surface area contributed by atoms with Gasteiger partial charge in [0.05, 0.1) is 17.0 Å². The lowest BCUT2D eigenvalue weighted by Crippen LogP contribution is -2.50. The molecule has 0 unspecified atom stereocenters. The van der Waals surface area contributed by atoms with Crippen molar-refractivity contribution in [2.45, 2.75) is 12.7 Å². The Bertz CT molecular complexity index is 816. The number of thiophene rings is 1. The van der Waals surface area contributed by atoms with Crippen LogP contribution < -0.4 is 5.32 Å². The number of nitrogens with one attached hydrogen (secondary N) is 1. The number of rotatable bonds is 5. The van der Waals surface area contributed by atoms with Crippen molar-refractivity contribution >= 4 is 23.2 Å². The molecule has 1 aliphatic rings. The highest BCUT2D eigenvalue weighted by molar-refractivity contribution is 7.12. The maximum atomic E-state index is 12.8.